The minimum Gasteiger partial charge on any atom is -0.506 e. The number of allylic oxidation sites excluding steroid dienone is 3. The molecule has 48 heavy (non-hydrogen) atoms. The summed E-state index contributed by atoms with van der Waals surface area (Å²) in [5.41, 5.74) is 1.19. The topological polar surface area (TPSA) is 154 Å². The van der Waals surface area contributed by atoms with E-state index in [0.717, 1.165) is 11.9 Å². The second kappa shape index (κ2) is 14.1. The molecule has 0 saturated heterocycles. The van der Waals surface area contributed by atoms with Crippen LogP contribution >= 0.6 is 0 Å². The Labute approximate surface area is 279 Å². The van der Waals surface area contributed by atoms with Gasteiger partial charge in [0.05, 0.1) is 29.8 Å². The summed E-state index contributed by atoms with van der Waals surface area (Å²) in [5, 5.41) is 10.7. The van der Waals surface area contributed by atoms with E-state index >= 15 is 0 Å². The lowest BCUT2D eigenvalue weighted by atomic mass is 9.87. The van der Waals surface area contributed by atoms with E-state index < -0.39 is 21.6 Å². The minimum atomic E-state index is -4.09. The summed E-state index contributed by atoms with van der Waals surface area (Å²) in [6.45, 7) is 6.17. The van der Waals surface area contributed by atoms with Gasteiger partial charge >= 0.3 is 0 Å². The van der Waals surface area contributed by atoms with Gasteiger partial charge in [0.2, 0.25) is 17.3 Å². The average Bonchev–Trinajstić information content (AvgIpc) is 3.28. The number of unbranched alkanes of at least 4 members (excludes halogenated alkanes) is 1. The number of aliphatic hydroxyl groups is 1. The van der Waals surface area contributed by atoms with E-state index in [1.54, 1.807) is 66.7 Å². The molecule has 2 N–H and O–H groups in total. The summed E-state index contributed by atoms with van der Waals surface area (Å²) in [5.74, 6) is -1.34. The van der Waals surface area contributed by atoms with Gasteiger partial charge in [-0.3, -0.25) is 14.3 Å². The van der Waals surface area contributed by atoms with Gasteiger partial charge in [0.1, 0.15) is 23.6 Å². The smallest absolute Gasteiger partial charge is 0.263 e. The van der Waals surface area contributed by atoms with E-state index in [0.29, 0.717) is 23.5 Å². The molecule has 0 unspecified atom stereocenters. The molecule has 1 heterocycles. The first kappa shape index (κ1) is 33.9. The first-order valence-corrected chi connectivity index (χ1v) is 16.6. The molecule has 5 rings (SSSR count). The summed E-state index contributed by atoms with van der Waals surface area (Å²) in [4.78, 5) is 33.6. The molecule has 0 saturated carbocycles. The van der Waals surface area contributed by atoms with E-state index in [1.165, 1.54) is 25.3 Å². The number of hydrogen-bond donors (Lipinski definition) is 2. The molecule has 0 atom stereocenters. The number of aliphatic hydroxyl groups excluding tert-OH is 1. The van der Waals surface area contributed by atoms with Crippen LogP contribution in [0.2, 0.25) is 0 Å². The molecule has 248 valence electrons. The number of carbonyl (C=O) groups excluding carboxylic acids is 2. The standard InChI is InChI=1S/C36H35N3O8S/c1-36(2,3)24-16-18-27(19-17-24)48(43,44)39-34-33(47-26-14-10-13-25(21-26)45-4)35(38-22-37-34)46-20-9-8-15-28-30(40)29(32(42)31(28)41)23-11-6-5-7-12-23/h5-7,10-19,21-22,40H,8-9,20H2,1-4H3,(H,37,38,39)/b28-15-. The number of carbonyl (C=O) groups is 2. The van der Waals surface area contributed by atoms with Crippen LogP contribution in [0.15, 0.2) is 107 Å². The third-order valence-corrected chi connectivity index (χ3v) is 8.82. The Kier molecular flexibility index (Phi) is 9.95. The fraction of sp³-hybridized carbons (Fsp3) is 0.222. The Bertz CT molecular complexity index is 2000. The molecule has 0 aliphatic heterocycles. The Morgan fingerprint density at radius 1 is 0.896 bits per heavy atom. The molecule has 11 nitrogen and oxygen atoms in total. The molecule has 0 fully saturated rings. The molecule has 12 heteroatoms. The van der Waals surface area contributed by atoms with Crippen LogP contribution in [0.25, 0.3) is 5.57 Å². The monoisotopic (exact) mass is 669 g/mol. The lowest BCUT2D eigenvalue weighted by Crippen LogP contribution is -2.16. The van der Waals surface area contributed by atoms with Crippen molar-refractivity contribution in [3.8, 4) is 23.1 Å². The third-order valence-electron chi connectivity index (χ3n) is 7.46. The van der Waals surface area contributed by atoms with Gasteiger partial charge in [-0.2, -0.15) is 4.98 Å². The molecule has 3 aromatic carbocycles. The average molecular weight is 670 g/mol. The lowest BCUT2D eigenvalue weighted by Gasteiger charge is -2.19. The van der Waals surface area contributed by atoms with Gasteiger partial charge in [0.15, 0.2) is 5.82 Å². The van der Waals surface area contributed by atoms with Crippen molar-refractivity contribution in [2.75, 3.05) is 18.4 Å². The highest BCUT2D eigenvalue weighted by Crippen LogP contribution is 2.38. The quantitative estimate of drug-likeness (QED) is 0.0960. The SMILES string of the molecule is COc1cccc(Oc2c(NS(=O)(=O)c3ccc(C(C)(C)C)cc3)ncnc2OCCC/C=C2\C(=O)C(=O)C(c3ccccc3)=C2O)c1. The maximum atomic E-state index is 13.4. The van der Waals surface area contributed by atoms with Crippen molar-refractivity contribution in [2.24, 2.45) is 0 Å². The van der Waals surface area contributed by atoms with Crippen molar-refractivity contribution in [1.29, 1.82) is 0 Å². The summed E-state index contributed by atoms with van der Waals surface area (Å²) in [7, 11) is -2.59. The lowest BCUT2D eigenvalue weighted by molar-refractivity contribution is -0.130. The molecule has 1 aliphatic rings. The number of aromatic nitrogens is 2. The normalized spacial score (nSPS) is 14.4. The van der Waals surface area contributed by atoms with E-state index in [-0.39, 0.29) is 57.7 Å². The summed E-state index contributed by atoms with van der Waals surface area (Å²) < 4.78 is 46.6. The van der Waals surface area contributed by atoms with Gasteiger partial charge in [-0.15, -0.1) is 0 Å². The number of benzene rings is 3. The van der Waals surface area contributed by atoms with Crippen molar-refractivity contribution in [3.05, 3.63) is 114 Å². The molecule has 1 aliphatic carbocycles. The highest BCUT2D eigenvalue weighted by atomic mass is 32.2. The molecular formula is C36H35N3O8S. The Balaban J connectivity index is 1.36. The summed E-state index contributed by atoms with van der Waals surface area (Å²) in [6, 6.07) is 21.8. The zero-order chi connectivity index (χ0) is 34.5. The fourth-order valence-electron chi connectivity index (χ4n) is 4.87. The van der Waals surface area contributed by atoms with Gasteiger partial charge in [0, 0.05) is 6.07 Å². The minimum absolute atomic E-state index is 0.0245. The largest absolute Gasteiger partial charge is 0.506 e. The number of ether oxygens (including phenoxy) is 3. The van der Waals surface area contributed by atoms with Crippen molar-refractivity contribution >= 4 is 33.0 Å². The predicted molar refractivity (Wildman–Crippen MR) is 180 cm³/mol. The van der Waals surface area contributed by atoms with Crippen molar-refractivity contribution in [3.63, 3.8) is 0 Å². The maximum Gasteiger partial charge on any atom is 0.263 e. The van der Waals surface area contributed by atoms with Crippen LogP contribution in [0.1, 0.15) is 44.7 Å². The second-order valence-corrected chi connectivity index (χ2v) is 13.6. The highest BCUT2D eigenvalue weighted by Gasteiger charge is 2.36. The summed E-state index contributed by atoms with van der Waals surface area (Å²) in [6.07, 6.45) is 3.27. The summed E-state index contributed by atoms with van der Waals surface area (Å²) >= 11 is 0. The first-order valence-electron chi connectivity index (χ1n) is 15.1. The van der Waals surface area contributed by atoms with Crippen LogP contribution in [-0.2, 0) is 25.0 Å². The number of hydrogen-bond acceptors (Lipinski definition) is 10. The van der Waals surface area contributed by atoms with Gasteiger partial charge < -0.3 is 19.3 Å². The van der Waals surface area contributed by atoms with Crippen LogP contribution in [0.4, 0.5) is 5.82 Å². The van der Waals surface area contributed by atoms with Gasteiger partial charge in [-0.25, -0.2) is 13.4 Å². The van der Waals surface area contributed by atoms with Crippen molar-refractivity contribution < 1.29 is 37.3 Å². The van der Waals surface area contributed by atoms with Crippen molar-refractivity contribution in [1.82, 2.24) is 9.97 Å². The number of rotatable bonds is 12. The number of anilines is 1. The molecule has 0 bridgehead atoms. The molecule has 0 amide bonds. The van der Waals surface area contributed by atoms with Gasteiger partial charge in [-0.1, -0.05) is 75.4 Å². The maximum absolute atomic E-state index is 13.4. The number of sulfonamides is 1. The van der Waals surface area contributed by atoms with Gasteiger partial charge in [-0.05, 0) is 53.6 Å². The van der Waals surface area contributed by atoms with E-state index in [9.17, 15) is 23.1 Å². The molecular weight excluding hydrogens is 634 g/mol. The van der Waals surface area contributed by atoms with Crippen LogP contribution < -0.4 is 18.9 Å². The van der Waals surface area contributed by atoms with E-state index in [2.05, 4.69) is 14.7 Å². The number of nitrogens with one attached hydrogen (secondary N) is 1. The predicted octanol–water partition coefficient (Wildman–Crippen LogP) is 6.58. The third kappa shape index (κ3) is 7.55. The zero-order valence-corrected chi connectivity index (χ0v) is 27.7. The second-order valence-electron chi connectivity index (χ2n) is 11.9. The van der Waals surface area contributed by atoms with Crippen molar-refractivity contribution in [2.45, 2.75) is 43.9 Å². The Morgan fingerprint density at radius 3 is 2.29 bits per heavy atom. The van der Waals surface area contributed by atoms with Crippen LogP contribution in [0, 0.1) is 0 Å². The van der Waals surface area contributed by atoms with E-state index in [1.807, 2.05) is 20.8 Å². The van der Waals surface area contributed by atoms with Crippen LogP contribution in [0.5, 0.6) is 23.1 Å². The Morgan fingerprint density at radius 2 is 1.60 bits per heavy atom. The molecule has 4 aromatic rings. The number of Topliss-reactive ketones (excluding diaryl/α,β-unsaturated/α-hetero) is 2. The highest BCUT2D eigenvalue weighted by molar-refractivity contribution is 7.92. The molecule has 0 spiro atoms. The first-order chi connectivity index (χ1) is 22.9. The number of nitrogens with zero attached hydrogens (tertiary/aromatic N) is 2. The molecule has 0 radical (unpaired) electrons. The van der Waals surface area contributed by atoms with Crippen LogP contribution in [-0.4, -0.2) is 48.8 Å². The zero-order valence-electron chi connectivity index (χ0n) is 26.9. The number of ketones is 2. The number of methoxy groups -OCH3 is 1. The molecule has 1 aromatic heterocycles. The van der Waals surface area contributed by atoms with E-state index in [4.69, 9.17) is 14.2 Å². The van der Waals surface area contributed by atoms with Gasteiger partial charge in [0.25, 0.3) is 15.9 Å². The van der Waals surface area contributed by atoms with Crippen LogP contribution in [0.3, 0.4) is 0 Å². The Hall–Kier alpha value is -5.49. The fourth-order valence-corrected chi connectivity index (χ4v) is 5.89.